The first-order chi connectivity index (χ1) is 10.7. The van der Waals surface area contributed by atoms with E-state index in [0.717, 1.165) is 5.56 Å². The van der Waals surface area contributed by atoms with Gasteiger partial charge in [0.1, 0.15) is 23.7 Å². The van der Waals surface area contributed by atoms with Crippen molar-refractivity contribution in [3.8, 4) is 16.9 Å². The first kappa shape index (κ1) is 14.4. The van der Waals surface area contributed by atoms with Crippen LogP contribution in [0.4, 0.5) is 0 Å². The van der Waals surface area contributed by atoms with Crippen molar-refractivity contribution in [1.82, 2.24) is 0 Å². The quantitative estimate of drug-likeness (QED) is 0.803. The third kappa shape index (κ3) is 2.73. The first-order valence-electron chi connectivity index (χ1n) is 7.07. The van der Waals surface area contributed by atoms with Crippen LogP contribution >= 0.6 is 0 Å². The minimum atomic E-state index is -0.312. The maximum absolute atomic E-state index is 12.6. The summed E-state index contributed by atoms with van der Waals surface area (Å²) in [4.78, 5) is 12.6. The topological polar surface area (TPSA) is 59.7 Å². The number of aliphatic hydroxyl groups excluding tert-OH is 1. The molecule has 1 aromatic heterocycles. The number of hydrogen-bond donors (Lipinski definition) is 1. The van der Waals surface area contributed by atoms with Crippen molar-refractivity contribution in [3.63, 3.8) is 0 Å². The Bertz CT molecular complexity index is 837. The second-order valence-corrected chi connectivity index (χ2v) is 5.11. The van der Waals surface area contributed by atoms with E-state index in [1.165, 1.54) is 6.26 Å². The molecule has 22 heavy (non-hydrogen) atoms. The molecule has 1 unspecified atom stereocenters. The van der Waals surface area contributed by atoms with E-state index in [4.69, 9.17) is 14.3 Å². The van der Waals surface area contributed by atoms with E-state index in [1.807, 2.05) is 30.3 Å². The molecular weight excluding hydrogens is 280 g/mol. The smallest absolute Gasteiger partial charge is 0.200 e. The van der Waals surface area contributed by atoms with Gasteiger partial charge in [0.15, 0.2) is 5.43 Å². The van der Waals surface area contributed by atoms with E-state index < -0.39 is 0 Å². The second-order valence-electron chi connectivity index (χ2n) is 5.11. The van der Waals surface area contributed by atoms with E-state index in [2.05, 4.69) is 0 Å². The van der Waals surface area contributed by atoms with Crippen molar-refractivity contribution in [2.45, 2.75) is 13.0 Å². The minimum Gasteiger partial charge on any atom is -0.488 e. The van der Waals surface area contributed by atoms with Crippen molar-refractivity contribution in [3.05, 3.63) is 65.0 Å². The largest absolute Gasteiger partial charge is 0.488 e. The highest BCUT2D eigenvalue weighted by molar-refractivity contribution is 5.82. The molecule has 2 aromatic carbocycles. The van der Waals surface area contributed by atoms with Gasteiger partial charge in [-0.05, 0) is 24.6 Å². The Morgan fingerprint density at radius 2 is 1.95 bits per heavy atom. The average Bonchev–Trinajstić information content (AvgIpc) is 2.56. The van der Waals surface area contributed by atoms with Gasteiger partial charge in [0, 0.05) is 6.07 Å². The summed E-state index contributed by atoms with van der Waals surface area (Å²) in [5.41, 5.74) is 1.75. The van der Waals surface area contributed by atoms with Gasteiger partial charge in [0.05, 0.1) is 17.6 Å². The summed E-state index contributed by atoms with van der Waals surface area (Å²) >= 11 is 0. The molecule has 0 aliphatic carbocycles. The molecule has 4 nitrogen and oxygen atoms in total. The number of rotatable bonds is 4. The monoisotopic (exact) mass is 296 g/mol. The van der Waals surface area contributed by atoms with Crippen LogP contribution in [0.1, 0.15) is 6.92 Å². The molecule has 0 bridgehead atoms. The molecule has 0 aliphatic rings. The molecule has 0 amide bonds. The van der Waals surface area contributed by atoms with Crippen LogP contribution in [0.3, 0.4) is 0 Å². The molecule has 1 N–H and O–H groups in total. The van der Waals surface area contributed by atoms with Crippen LogP contribution in [0.5, 0.6) is 5.75 Å². The zero-order chi connectivity index (χ0) is 15.5. The molecule has 4 heteroatoms. The molecule has 1 heterocycles. The summed E-state index contributed by atoms with van der Waals surface area (Å²) in [5.74, 6) is 0.560. The summed E-state index contributed by atoms with van der Waals surface area (Å²) in [7, 11) is 0. The van der Waals surface area contributed by atoms with Gasteiger partial charge in [-0.25, -0.2) is 0 Å². The molecule has 1 atom stereocenters. The molecule has 0 spiro atoms. The standard InChI is InChI=1S/C18H16O4/c1-12(10-19)22-14-7-8-15-17(9-14)21-11-16(18(15)20)13-5-3-2-4-6-13/h2-9,11-12,19H,10H2,1H3. The highest BCUT2D eigenvalue weighted by Gasteiger charge is 2.10. The van der Waals surface area contributed by atoms with Crippen molar-refractivity contribution in [2.75, 3.05) is 6.61 Å². The Morgan fingerprint density at radius 3 is 2.68 bits per heavy atom. The Kier molecular flexibility index (Phi) is 3.94. The molecule has 0 aliphatic heterocycles. The summed E-state index contributed by atoms with van der Waals surface area (Å²) in [6.45, 7) is 1.69. The van der Waals surface area contributed by atoms with Crippen LogP contribution < -0.4 is 10.2 Å². The van der Waals surface area contributed by atoms with Crippen LogP contribution in [0.2, 0.25) is 0 Å². The lowest BCUT2D eigenvalue weighted by Gasteiger charge is -2.12. The van der Waals surface area contributed by atoms with Gasteiger partial charge in [-0.1, -0.05) is 30.3 Å². The van der Waals surface area contributed by atoms with E-state index in [0.29, 0.717) is 22.3 Å². The van der Waals surface area contributed by atoms with Gasteiger partial charge in [0.25, 0.3) is 0 Å². The van der Waals surface area contributed by atoms with Crippen LogP contribution in [0.15, 0.2) is 64.0 Å². The zero-order valence-electron chi connectivity index (χ0n) is 12.2. The van der Waals surface area contributed by atoms with Gasteiger partial charge in [-0.3, -0.25) is 4.79 Å². The Balaban J connectivity index is 2.06. The van der Waals surface area contributed by atoms with Gasteiger partial charge in [-0.15, -0.1) is 0 Å². The number of ether oxygens (including phenoxy) is 1. The van der Waals surface area contributed by atoms with Gasteiger partial charge in [0.2, 0.25) is 0 Å². The summed E-state index contributed by atoms with van der Waals surface area (Å²) in [6.07, 6.45) is 1.16. The van der Waals surface area contributed by atoms with E-state index in [1.54, 1.807) is 25.1 Å². The lowest BCUT2D eigenvalue weighted by atomic mass is 10.1. The highest BCUT2D eigenvalue weighted by atomic mass is 16.5. The molecule has 3 aromatic rings. The number of hydrogen-bond acceptors (Lipinski definition) is 4. The van der Waals surface area contributed by atoms with Gasteiger partial charge >= 0.3 is 0 Å². The minimum absolute atomic E-state index is 0.0745. The van der Waals surface area contributed by atoms with Crippen LogP contribution in [0.25, 0.3) is 22.1 Å². The lowest BCUT2D eigenvalue weighted by Crippen LogP contribution is -2.16. The number of fused-ring (bicyclic) bond motifs is 1. The maximum Gasteiger partial charge on any atom is 0.200 e. The van der Waals surface area contributed by atoms with Crippen molar-refractivity contribution < 1.29 is 14.3 Å². The molecule has 0 saturated heterocycles. The summed E-state index contributed by atoms with van der Waals surface area (Å²) in [6, 6.07) is 14.5. The molecule has 0 fully saturated rings. The van der Waals surface area contributed by atoms with Crippen LogP contribution in [-0.2, 0) is 0 Å². The first-order valence-corrected chi connectivity index (χ1v) is 7.07. The highest BCUT2D eigenvalue weighted by Crippen LogP contribution is 2.23. The fourth-order valence-corrected chi connectivity index (χ4v) is 2.27. The average molecular weight is 296 g/mol. The predicted molar refractivity (Wildman–Crippen MR) is 85.1 cm³/mol. The number of benzene rings is 2. The summed E-state index contributed by atoms with van der Waals surface area (Å²) < 4.78 is 11.1. The molecule has 3 rings (SSSR count). The third-order valence-corrected chi connectivity index (χ3v) is 3.43. The van der Waals surface area contributed by atoms with E-state index in [-0.39, 0.29) is 18.1 Å². The zero-order valence-corrected chi connectivity index (χ0v) is 12.2. The summed E-state index contributed by atoms with van der Waals surface area (Å²) in [5, 5.41) is 9.52. The number of aliphatic hydroxyl groups is 1. The molecule has 112 valence electrons. The third-order valence-electron chi connectivity index (χ3n) is 3.43. The maximum atomic E-state index is 12.6. The Hall–Kier alpha value is -2.59. The molecule has 0 saturated carbocycles. The Labute approximate surface area is 127 Å². The van der Waals surface area contributed by atoms with E-state index in [9.17, 15) is 4.79 Å². The van der Waals surface area contributed by atoms with Crippen molar-refractivity contribution in [1.29, 1.82) is 0 Å². The lowest BCUT2D eigenvalue weighted by molar-refractivity contribution is 0.130. The van der Waals surface area contributed by atoms with Crippen LogP contribution in [0, 0.1) is 0 Å². The molecular formula is C18H16O4. The van der Waals surface area contributed by atoms with Crippen LogP contribution in [-0.4, -0.2) is 17.8 Å². The van der Waals surface area contributed by atoms with Crippen molar-refractivity contribution >= 4 is 11.0 Å². The van der Waals surface area contributed by atoms with Crippen molar-refractivity contribution in [2.24, 2.45) is 0 Å². The SMILES string of the molecule is CC(CO)Oc1ccc2c(=O)c(-c3ccccc3)coc2c1. The fourth-order valence-electron chi connectivity index (χ4n) is 2.27. The molecule has 0 radical (unpaired) electrons. The normalized spacial score (nSPS) is 12.3. The predicted octanol–water partition coefficient (Wildman–Crippen LogP) is 3.22. The Morgan fingerprint density at radius 1 is 1.18 bits per heavy atom. The fraction of sp³-hybridized carbons (Fsp3) is 0.167. The second kappa shape index (κ2) is 6.03. The van der Waals surface area contributed by atoms with E-state index >= 15 is 0 Å². The van der Waals surface area contributed by atoms with Gasteiger partial charge in [-0.2, -0.15) is 0 Å². The van der Waals surface area contributed by atoms with Gasteiger partial charge < -0.3 is 14.3 Å².